The summed E-state index contributed by atoms with van der Waals surface area (Å²) in [6, 6.07) is 15.4. The van der Waals surface area contributed by atoms with Crippen molar-refractivity contribution < 1.29 is 9.53 Å². The first kappa shape index (κ1) is 13.6. The Labute approximate surface area is 124 Å². The number of ether oxygens (including phenoxy) is 1. The quantitative estimate of drug-likeness (QED) is 0.938. The summed E-state index contributed by atoms with van der Waals surface area (Å²) in [5, 5.41) is 0. The van der Waals surface area contributed by atoms with E-state index in [1.165, 1.54) is 0 Å². The molecule has 0 saturated heterocycles. The van der Waals surface area contributed by atoms with Gasteiger partial charge in [-0.1, -0.05) is 36.4 Å². The fourth-order valence-electron chi connectivity index (χ4n) is 2.53. The van der Waals surface area contributed by atoms with Crippen LogP contribution in [0.25, 0.3) is 0 Å². The molecule has 0 spiro atoms. The molecule has 1 aliphatic rings. The van der Waals surface area contributed by atoms with E-state index in [-0.39, 0.29) is 5.91 Å². The molecule has 4 heteroatoms. The molecule has 0 saturated carbocycles. The van der Waals surface area contributed by atoms with Gasteiger partial charge in [0, 0.05) is 13.1 Å². The topological polar surface area (TPSA) is 55.6 Å². The van der Waals surface area contributed by atoms with E-state index in [4.69, 9.17) is 10.5 Å². The number of para-hydroxylation sites is 1. The molecule has 2 aromatic carbocycles. The Kier molecular flexibility index (Phi) is 3.88. The highest BCUT2D eigenvalue weighted by atomic mass is 16.5. The zero-order chi connectivity index (χ0) is 14.7. The lowest BCUT2D eigenvalue weighted by molar-refractivity contribution is 0.0743. The number of hydrogen-bond donors (Lipinski definition) is 1. The zero-order valence-electron chi connectivity index (χ0n) is 11.8. The first-order valence-corrected chi connectivity index (χ1v) is 7.07. The number of amides is 1. The van der Waals surface area contributed by atoms with Crippen LogP contribution in [0, 0.1) is 0 Å². The van der Waals surface area contributed by atoms with Crippen molar-refractivity contribution in [3.63, 3.8) is 0 Å². The molecule has 1 amide bonds. The van der Waals surface area contributed by atoms with Crippen LogP contribution in [0.1, 0.15) is 21.5 Å². The third-order valence-electron chi connectivity index (χ3n) is 3.62. The molecular formula is C17H18N2O2. The average Bonchev–Trinajstić information content (AvgIpc) is 2.68. The van der Waals surface area contributed by atoms with Gasteiger partial charge in [0.05, 0.1) is 12.1 Å². The number of benzene rings is 2. The number of fused-ring (bicyclic) bond motifs is 1. The Balaban J connectivity index is 1.84. The highest BCUT2D eigenvalue weighted by Gasteiger charge is 2.23. The van der Waals surface area contributed by atoms with Crippen molar-refractivity contribution in [2.24, 2.45) is 5.73 Å². The minimum absolute atomic E-state index is 0.0150. The molecule has 2 N–H and O–H groups in total. The zero-order valence-corrected chi connectivity index (χ0v) is 11.8. The summed E-state index contributed by atoms with van der Waals surface area (Å²) >= 11 is 0. The van der Waals surface area contributed by atoms with Crippen LogP contribution in [0.3, 0.4) is 0 Å². The molecule has 1 aliphatic heterocycles. The number of hydrogen-bond acceptors (Lipinski definition) is 3. The molecule has 2 aromatic rings. The largest absolute Gasteiger partial charge is 0.491 e. The molecular weight excluding hydrogens is 264 g/mol. The van der Waals surface area contributed by atoms with Crippen LogP contribution in [-0.2, 0) is 13.1 Å². The van der Waals surface area contributed by atoms with Crippen molar-refractivity contribution in [3.8, 4) is 5.75 Å². The number of nitrogens with two attached hydrogens (primary N) is 1. The van der Waals surface area contributed by atoms with E-state index in [1.807, 2.05) is 53.4 Å². The molecule has 1 heterocycles. The minimum Gasteiger partial charge on any atom is -0.491 e. The second-order valence-corrected chi connectivity index (χ2v) is 5.10. The third kappa shape index (κ3) is 2.90. The number of carbonyl (C=O) groups excluding carboxylic acids is 1. The van der Waals surface area contributed by atoms with E-state index in [1.54, 1.807) is 0 Å². The molecule has 108 valence electrons. The molecule has 0 aliphatic carbocycles. The second-order valence-electron chi connectivity index (χ2n) is 5.10. The normalized spacial score (nSPS) is 14.3. The summed E-state index contributed by atoms with van der Waals surface area (Å²) in [5.74, 6) is 0.682. The van der Waals surface area contributed by atoms with Crippen molar-refractivity contribution in [3.05, 3.63) is 65.2 Å². The predicted molar refractivity (Wildman–Crippen MR) is 81.0 cm³/mol. The van der Waals surface area contributed by atoms with Gasteiger partial charge in [0.15, 0.2) is 0 Å². The Hall–Kier alpha value is -2.33. The van der Waals surface area contributed by atoms with Gasteiger partial charge in [0.25, 0.3) is 5.91 Å². The Morgan fingerprint density at radius 3 is 2.76 bits per heavy atom. The predicted octanol–water partition coefficient (Wildman–Crippen LogP) is 2.18. The summed E-state index contributed by atoms with van der Waals surface area (Å²) in [4.78, 5) is 14.4. The van der Waals surface area contributed by atoms with Gasteiger partial charge in [-0.3, -0.25) is 4.79 Å². The maximum absolute atomic E-state index is 12.6. The van der Waals surface area contributed by atoms with E-state index < -0.39 is 0 Å². The second kappa shape index (κ2) is 5.97. The van der Waals surface area contributed by atoms with E-state index in [0.717, 1.165) is 11.1 Å². The van der Waals surface area contributed by atoms with E-state index in [9.17, 15) is 4.79 Å². The summed E-state index contributed by atoms with van der Waals surface area (Å²) in [7, 11) is 0. The van der Waals surface area contributed by atoms with Gasteiger partial charge in [-0.15, -0.1) is 0 Å². The SMILES string of the molecule is NCc1cccc(CN2CCOc3ccccc3C2=O)c1. The minimum atomic E-state index is 0.0150. The molecule has 0 bridgehead atoms. The van der Waals surface area contributed by atoms with Gasteiger partial charge < -0.3 is 15.4 Å². The highest BCUT2D eigenvalue weighted by Crippen LogP contribution is 2.23. The van der Waals surface area contributed by atoms with Crippen LogP contribution in [0.5, 0.6) is 5.75 Å². The average molecular weight is 282 g/mol. The van der Waals surface area contributed by atoms with Crippen molar-refractivity contribution >= 4 is 5.91 Å². The molecule has 3 rings (SSSR count). The van der Waals surface area contributed by atoms with Crippen LogP contribution < -0.4 is 10.5 Å². The number of carbonyl (C=O) groups is 1. The summed E-state index contributed by atoms with van der Waals surface area (Å²) in [6.07, 6.45) is 0. The monoisotopic (exact) mass is 282 g/mol. The number of nitrogens with zero attached hydrogens (tertiary/aromatic N) is 1. The first-order valence-electron chi connectivity index (χ1n) is 7.07. The van der Waals surface area contributed by atoms with Gasteiger partial charge in [-0.25, -0.2) is 0 Å². The van der Waals surface area contributed by atoms with Gasteiger partial charge in [0.1, 0.15) is 12.4 Å². The van der Waals surface area contributed by atoms with Gasteiger partial charge in [-0.2, -0.15) is 0 Å². The van der Waals surface area contributed by atoms with Gasteiger partial charge in [-0.05, 0) is 23.3 Å². The van der Waals surface area contributed by atoms with E-state index >= 15 is 0 Å². The van der Waals surface area contributed by atoms with Crippen molar-refractivity contribution in [2.75, 3.05) is 13.2 Å². The van der Waals surface area contributed by atoms with Crippen molar-refractivity contribution in [2.45, 2.75) is 13.1 Å². The van der Waals surface area contributed by atoms with Gasteiger partial charge in [0.2, 0.25) is 0 Å². The van der Waals surface area contributed by atoms with Crippen molar-refractivity contribution in [1.29, 1.82) is 0 Å². The van der Waals surface area contributed by atoms with Crippen molar-refractivity contribution in [1.82, 2.24) is 4.90 Å². The Bertz CT molecular complexity index is 655. The summed E-state index contributed by atoms with van der Waals surface area (Å²) < 4.78 is 5.65. The smallest absolute Gasteiger partial charge is 0.258 e. The Morgan fingerprint density at radius 1 is 1.10 bits per heavy atom. The lowest BCUT2D eigenvalue weighted by Crippen LogP contribution is -2.31. The standard InChI is InChI=1S/C17H18N2O2/c18-11-13-4-3-5-14(10-13)12-19-8-9-21-16-7-2-1-6-15(16)17(19)20/h1-7,10H,8-9,11-12,18H2. The fraction of sp³-hybridized carbons (Fsp3) is 0.235. The summed E-state index contributed by atoms with van der Waals surface area (Å²) in [5.41, 5.74) is 8.46. The fourth-order valence-corrected chi connectivity index (χ4v) is 2.53. The molecule has 0 unspecified atom stereocenters. The maximum Gasteiger partial charge on any atom is 0.258 e. The van der Waals surface area contributed by atoms with Crippen LogP contribution in [0.4, 0.5) is 0 Å². The highest BCUT2D eigenvalue weighted by molar-refractivity contribution is 5.97. The van der Waals surface area contributed by atoms with Gasteiger partial charge >= 0.3 is 0 Å². The molecule has 0 radical (unpaired) electrons. The van der Waals surface area contributed by atoms with Crippen LogP contribution in [0.2, 0.25) is 0 Å². The molecule has 21 heavy (non-hydrogen) atoms. The molecule has 0 atom stereocenters. The summed E-state index contributed by atoms with van der Waals surface area (Å²) in [6.45, 7) is 2.18. The van der Waals surface area contributed by atoms with E-state index in [0.29, 0.717) is 37.6 Å². The lowest BCUT2D eigenvalue weighted by Gasteiger charge is -2.20. The molecule has 0 aromatic heterocycles. The van der Waals surface area contributed by atoms with Crippen LogP contribution >= 0.6 is 0 Å². The third-order valence-corrected chi connectivity index (χ3v) is 3.62. The van der Waals surface area contributed by atoms with Crippen LogP contribution in [-0.4, -0.2) is 24.0 Å². The molecule has 4 nitrogen and oxygen atoms in total. The molecule has 0 fully saturated rings. The number of rotatable bonds is 3. The van der Waals surface area contributed by atoms with Crippen LogP contribution in [0.15, 0.2) is 48.5 Å². The maximum atomic E-state index is 12.6. The lowest BCUT2D eigenvalue weighted by atomic mass is 10.1. The van der Waals surface area contributed by atoms with E-state index in [2.05, 4.69) is 0 Å². The Morgan fingerprint density at radius 2 is 1.90 bits per heavy atom. The first-order chi connectivity index (χ1) is 10.3.